The number of nitrogens with one attached hydrogen (secondary N) is 1. The van der Waals surface area contributed by atoms with E-state index < -0.39 is 0 Å². The van der Waals surface area contributed by atoms with Crippen LogP contribution in [0.4, 0.5) is 0 Å². The molecule has 0 aromatic heterocycles. The van der Waals surface area contributed by atoms with Crippen LogP contribution in [0.3, 0.4) is 0 Å². The predicted octanol–water partition coefficient (Wildman–Crippen LogP) is 2.84. The molecule has 18 heavy (non-hydrogen) atoms. The summed E-state index contributed by atoms with van der Waals surface area (Å²) >= 11 is 0. The molecule has 1 saturated heterocycles. The molecule has 108 valence electrons. The molecule has 1 rings (SSSR count). The van der Waals surface area contributed by atoms with E-state index in [1.165, 1.54) is 12.8 Å². The van der Waals surface area contributed by atoms with Gasteiger partial charge in [-0.1, -0.05) is 6.92 Å². The number of rotatable bonds is 6. The molecule has 1 aliphatic heterocycles. The van der Waals surface area contributed by atoms with Gasteiger partial charge in [-0.15, -0.1) is 0 Å². The van der Waals surface area contributed by atoms with Crippen molar-refractivity contribution < 1.29 is 9.47 Å². The predicted molar refractivity (Wildman–Crippen MR) is 75.9 cm³/mol. The number of hydrogen-bond acceptors (Lipinski definition) is 3. The summed E-state index contributed by atoms with van der Waals surface area (Å²) < 4.78 is 10.8. The normalized spacial score (nSPS) is 21.8. The van der Waals surface area contributed by atoms with Crippen LogP contribution in [0.15, 0.2) is 0 Å². The van der Waals surface area contributed by atoms with Crippen LogP contribution >= 0.6 is 0 Å². The highest BCUT2D eigenvalue weighted by Crippen LogP contribution is 2.39. The number of methoxy groups -OCH3 is 1. The van der Waals surface area contributed by atoms with Crippen molar-refractivity contribution >= 4 is 0 Å². The largest absolute Gasteiger partial charge is 0.385 e. The molecule has 0 bridgehead atoms. The first-order valence-electron chi connectivity index (χ1n) is 7.21. The second kappa shape index (κ2) is 6.88. The van der Waals surface area contributed by atoms with Crippen LogP contribution in [-0.2, 0) is 9.47 Å². The molecule has 1 N–H and O–H groups in total. The zero-order chi connectivity index (χ0) is 13.6. The fourth-order valence-electron chi connectivity index (χ4n) is 2.66. The first kappa shape index (κ1) is 15.9. The maximum Gasteiger partial charge on any atom is 0.0471 e. The molecule has 1 heterocycles. The molecule has 0 aliphatic carbocycles. The van der Waals surface area contributed by atoms with Crippen molar-refractivity contribution in [3.8, 4) is 0 Å². The molecule has 0 radical (unpaired) electrons. The lowest BCUT2D eigenvalue weighted by Crippen LogP contribution is -2.49. The molecule has 3 nitrogen and oxygen atoms in total. The topological polar surface area (TPSA) is 30.5 Å². The molecule has 0 amide bonds. The van der Waals surface area contributed by atoms with Gasteiger partial charge in [0.1, 0.15) is 0 Å². The second-order valence-electron chi connectivity index (χ2n) is 6.76. The second-order valence-corrected chi connectivity index (χ2v) is 6.76. The Hall–Kier alpha value is -0.120. The fraction of sp³-hybridized carbons (Fsp3) is 1.00. The summed E-state index contributed by atoms with van der Waals surface area (Å²) in [6, 6.07) is 0. The van der Waals surface area contributed by atoms with Crippen molar-refractivity contribution in [1.29, 1.82) is 0 Å². The minimum Gasteiger partial charge on any atom is -0.385 e. The van der Waals surface area contributed by atoms with Gasteiger partial charge in [-0.2, -0.15) is 0 Å². The van der Waals surface area contributed by atoms with Gasteiger partial charge in [0.05, 0.1) is 0 Å². The van der Waals surface area contributed by atoms with Gasteiger partial charge in [0.15, 0.2) is 0 Å². The maximum atomic E-state index is 5.55. The van der Waals surface area contributed by atoms with Gasteiger partial charge in [-0.05, 0) is 51.4 Å². The van der Waals surface area contributed by atoms with Crippen molar-refractivity contribution in [1.82, 2.24) is 5.32 Å². The molecule has 0 spiro atoms. The van der Waals surface area contributed by atoms with E-state index in [9.17, 15) is 0 Å². The molecular weight excluding hydrogens is 226 g/mol. The highest BCUT2D eigenvalue weighted by molar-refractivity contribution is 4.90. The summed E-state index contributed by atoms with van der Waals surface area (Å²) in [5.41, 5.74) is 0.566. The van der Waals surface area contributed by atoms with Crippen molar-refractivity contribution in [3.05, 3.63) is 0 Å². The van der Waals surface area contributed by atoms with Gasteiger partial charge in [0.25, 0.3) is 0 Å². The number of hydrogen-bond donors (Lipinski definition) is 1. The van der Waals surface area contributed by atoms with Gasteiger partial charge in [0.2, 0.25) is 0 Å². The Morgan fingerprint density at radius 3 is 2.39 bits per heavy atom. The van der Waals surface area contributed by atoms with E-state index in [4.69, 9.17) is 9.47 Å². The minimum atomic E-state index is 0.187. The van der Waals surface area contributed by atoms with E-state index in [0.717, 1.165) is 32.8 Å². The summed E-state index contributed by atoms with van der Waals surface area (Å²) in [6.45, 7) is 12.8. The van der Waals surface area contributed by atoms with E-state index >= 15 is 0 Å². The molecule has 0 aromatic rings. The fourth-order valence-corrected chi connectivity index (χ4v) is 2.66. The van der Waals surface area contributed by atoms with Crippen LogP contribution in [0, 0.1) is 11.3 Å². The Labute approximate surface area is 113 Å². The van der Waals surface area contributed by atoms with E-state index in [0.29, 0.717) is 11.3 Å². The third kappa shape index (κ3) is 4.87. The summed E-state index contributed by atoms with van der Waals surface area (Å²) in [6.07, 6.45) is 3.48. The molecular formula is C15H31NO2. The first-order valence-corrected chi connectivity index (χ1v) is 7.21. The Morgan fingerprint density at radius 2 is 1.89 bits per heavy atom. The van der Waals surface area contributed by atoms with Crippen molar-refractivity contribution in [2.45, 2.75) is 52.5 Å². The Kier molecular flexibility index (Phi) is 6.09. The minimum absolute atomic E-state index is 0.187. The van der Waals surface area contributed by atoms with Crippen molar-refractivity contribution in [2.24, 2.45) is 11.3 Å². The van der Waals surface area contributed by atoms with Crippen LogP contribution < -0.4 is 5.32 Å². The SMILES string of the molecule is COCCC(C)C1(CNC(C)(C)C)CCOCC1. The smallest absolute Gasteiger partial charge is 0.0471 e. The van der Waals surface area contributed by atoms with Crippen LogP contribution in [0.1, 0.15) is 47.0 Å². The lowest BCUT2D eigenvalue weighted by atomic mass is 9.69. The molecule has 0 aromatic carbocycles. The highest BCUT2D eigenvalue weighted by Gasteiger charge is 2.38. The van der Waals surface area contributed by atoms with Gasteiger partial charge < -0.3 is 14.8 Å². The van der Waals surface area contributed by atoms with Crippen LogP contribution in [0.2, 0.25) is 0 Å². The van der Waals surface area contributed by atoms with Crippen molar-refractivity contribution in [2.75, 3.05) is 33.5 Å². The van der Waals surface area contributed by atoms with Crippen LogP contribution in [0.5, 0.6) is 0 Å². The summed E-state index contributed by atoms with van der Waals surface area (Å²) in [4.78, 5) is 0. The van der Waals surface area contributed by atoms with Gasteiger partial charge >= 0.3 is 0 Å². The molecule has 1 aliphatic rings. The van der Waals surface area contributed by atoms with E-state index in [-0.39, 0.29) is 5.54 Å². The van der Waals surface area contributed by atoms with E-state index in [1.54, 1.807) is 7.11 Å². The molecule has 1 fully saturated rings. The lowest BCUT2D eigenvalue weighted by molar-refractivity contribution is -0.0236. The average Bonchev–Trinajstić information content (AvgIpc) is 2.34. The molecule has 1 atom stereocenters. The van der Waals surface area contributed by atoms with E-state index in [1.807, 2.05) is 0 Å². The first-order chi connectivity index (χ1) is 8.40. The standard InChI is InChI=1S/C15H31NO2/c1-13(6-9-17-5)15(7-10-18-11-8-15)12-16-14(2,3)4/h13,16H,6-12H2,1-5H3. The van der Waals surface area contributed by atoms with Gasteiger partial charge in [0, 0.05) is 39.0 Å². The highest BCUT2D eigenvalue weighted by atomic mass is 16.5. The Morgan fingerprint density at radius 1 is 1.28 bits per heavy atom. The quantitative estimate of drug-likeness (QED) is 0.793. The Bertz CT molecular complexity index is 229. The average molecular weight is 257 g/mol. The zero-order valence-corrected chi connectivity index (χ0v) is 12.8. The number of ether oxygens (including phenoxy) is 2. The summed E-state index contributed by atoms with van der Waals surface area (Å²) in [5.74, 6) is 0.677. The molecule has 3 heteroatoms. The maximum absolute atomic E-state index is 5.55. The third-order valence-corrected chi connectivity index (χ3v) is 4.26. The monoisotopic (exact) mass is 257 g/mol. The van der Waals surface area contributed by atoms with Gasteiger partial charge in [-0.25, -0.2) is 0 Å². The van der Waals surface area contributed by atoms with Gasteiger partial charge in [-0.3, -0.25) is 0 Å². The van der Waals surface area contributed by atoms with Crippen LogP contribution in [0.25, 0.3) is 0 Å². The molecule has 0 saturated carbocycles. The van der Waals surface area contributed by atoms with Crippen molar-refractivity contribution in [3.63, 3.8) is 0 Å². The van der Waals surface area contributed by atoms with E-state index in [2.05, 4.69) is 33.0 Å². The molecule has 1 unspecified atom stereocenters. The Balaban J connectivity index is 2.62. The lowest BCUT2D eigenvalue weighted by Gasteiger charge is -2.44. The zero-order valence-electron chi connectivity index (χ0n) is 12.8. The van der Waals surface area contributed by atoms with Crippen LogP contribution in [-0.4, -0.2) is 39.0 Å². The summed E-state index contributed by atoms with van der Waals surface area (Å²) in [5, 5.41) is 3.69. The summed E-state index contributed by atoms with van der Waals surface area (Å²) in [7, 11) is 1.79. The third-order valence-electron chi connectivity index (χ3n) is 4.26.